The molecule has 0 saturated carbocycles. The molecule has 1 aromatic rings. The van der Waals surface area contributed by atoms with Crippen molar-refractivity contribution in [3.63, 3.8) is 0 Å². The lowest BCUT2D eigenvalue weighted by molar-refractivity contribution is -0.143. The van der Waals surface area contributed by atoms with Crippen molar-refractivity contribution in [1.29, 1.82) is 0 Å². The number of allylic oxidation sites excluding steroid dienone is 3. The second-order valence-corrected chi connectivity index (χ2v) is 8.66. The molecule has 3 rings (SSSR count). The van der Waals surface area contributed by atoms with Gasteiger partial charge in [-0.25, -0.2) is 4.79 Å². The summed E-state index contributed by atoms with van der Waals surface area (Å²) in [6.07, 6.45) is 0.997. The lowest BCUT2D eigenvalue weighted by Crippen LogP contribution is -2.39. The maximum Gasteiger partial charge on any atom is 0.337 e. The second-order valence-electron chi connectivity index (χ2n) is 8.66. The number of esters is 1. The summed E-state index contributed by atoms with van der Waals surface area (Å²) >= 11 is 0. The lowest BCUT2D eigenvalue weighted by Gasteiger charge is -2.39. The molecule has 1 heterocycles. The molecule has 1 aromatic carbocycles. The van der Waals surface area contributed by atoms with Crippen LogP contribution in [0.25, 0.3) is 0 Å². The van der Waals surface area contributed by atoms with E-state index in [4.69, 9.17) is 9.47 Å². The van der Waals surface area contributed by atoms with Crippen molar-refractivity contribution in [2.75, 3.05) is 7.11 Å². The summed E-state index contributed by atoms with van der Waals surface area (Å²) in [5, 5.41) is 3.34. The van der Waals surface area contributed by atoms with Crippen molar-refractivity contribution >= 4 is 11.8 Å². The maximum atomic E-state index is 13.2. The summed E-state index contributed by atoms with van der Waals surface area (Å²) in [5.74, 6) is -0.000997. The van der Waals surface area contributed by atoms with Crippen LogP contribution in [-0.2, 0) is 14.3 Å². The quantitative estimate of drug-likeness (QED) is 0.788. The summed E-state index contributed by atoms with van der Waals surface area (Å²) in [4.78, 5) is 26.1. The van der Waals surface area contributed by atoms with Crippen LogP contribution >= 0.6 is 0 Å². The van der Waals surface area contributed by atoms with Gasteiger partial charge in [0.15, 0.2) is 5.78 Å². The van der Waals surface area contributed by atoms with Gasteiger partial charge in [0.1, 0.15) is 5.75 Å². The van der Waals surface area contributed by atoms with E-state index >= 15 is 0 Å². The van der Waals surface area contributed by atoms with E-state index in [1.165, 1.54) is 0 Å². The predicted octanol–water partition coefficient (Wildman–Crippen LogP) is 4.25. The highest BCUT2D eigenvalue weighted by Crippen LogP contribution is 2.47. The molecule has 0 unspecified atom stereocenters. The van der Waals surface area contributed by atoms with E-state index in [0.717, 1.165) is 29.1 Å². The molecule has 0 radical (unpaired) electrons. The Balaban J connectivity index is 2.14. The number of ether oxygens (including phenoxy) is 2. The first-order valence-corrected chi connectivity index (χ1v) is 9.72. The minimum absolute atomic E-state index is 0.0851. The Kier molecular flexibility index (Phi) is 5.37. The fourth-order valence-electron chi connectivity index (χ4n) is 4.11. The number of Topliss-reactive ketones (excluding diaryl/α,β-unsaturated/α-hetero) is 1. The molecule has 150 valence electrons. The zero-order valence-corrected chi connectivity index (χ0v) is 17.5. The van der Waals surface area contributed by atoms with Crippen LogP contribution in [0.5, 0.6) is 5.75 Å². The number of rotatable bonds is 4. The van der Waals surface area contributed by atoms with E-state index in [-0.39, 0.29) is 23.3 Å². The van der Waals surface area contributed by atoms with Gasteiger partial charge in [0.2, 0.25) is 0 Å². The largest absolute Gasteiger partial charge is 0.497 e. The monoisotopic (exact) mass is 383 g/mol. The fourth-order valence-corrected chi connectivity index (χ4v) is 4.11. The Morgan fingerprint density at radius 3 is 2.39 bits per heavy atom. The third kappa shape index (κ3) is 3.84. The number of nitrogens with one attached hydrogen (secondary N) is 1. The Bertz CT molecular complexity index is 859. The van der Waals surface area contributed by atoms with Gasteiger partial charge >= 0.3 is 5.97 Å². The van der Waals surface area contributed by atoms with Crippen molar-refractivity contribution in [3.8, 4) is 5.75 Å². The highest BCUT2D eigenvalue weighted by atomic mass is 16.5. The molecule has 0 aromatic heterocycles. The van der Waals surface area contributed by atoms with Gasteiger partial charge in [-0.1, -0.05) is 26.0 Å². The third-order valence-electron chi connectivity index (χ3n) is 5.25. The number of benzene rings is 1. The SMILES string of the molecule is COc1ccc([C@@H]2C(C(=O)OC(C)C)=C(C)NC3=C2C(=O)CC(C)(C)C3)cc1. The van der Waals surface area contributed by atoms with Crippen LogP contribution in [0.2, 0.25) is 0 Å². The molecule has 0 bridgehead atoms. The van der Waals surface area contributed by atoms with Gasteiger partial charge < -0.3 is 14.8 Å². The Morgan fingerprint density at radius 1 is 1.18 bits per heavy atom. The van der Waals surface area contributed by atoms with Crippen LogP contribution in [0.1, 0.15) is 58.9 Å². The number of ketones is 1. The van der Waals surface area contributed by atoms with E-state index in [1.807, 2.05) is 45.0 Å². The van der Waals surface area contributed by atoms with Crippen molar-refractivity contribution in [2.24, 2.45) is 5.41 Å². The van der Waals surface area contributed by atoms with Crippen LogP contribution in [0.15, 0.2) is 46.8 Å². The molecule has 0 spiro atoms. The van der Waals surface area contributed by atoms with Gasteiger partial charge in [-0.2, -0.15) is 0 Å². The van der Waals surface area contributed by atoms with Crippen LogP contribution in [0, 0.1) is 5.41 Å². The first kappa shape index (κ1) is 20.2. The van der Waals surface area contributed by atoms with Gasteiger partial charge in [-0.3, -0.25) is 4.79 Å². The van der Waals surface area contributed by atoms with Crippen LogP contribution < -0.4 is 10.1 Å². The number of methoxy groups -OCH3 is 1. The van der Waals surface area contributed by atoms with Gasteiger partial charge in [0, 0.05) is 29.3 Å². The summed E-state index contributed by atoms with van der Waals surface area (Å²) < 4.78 is 10.8. The summed E-state index contributed by atoms with van der Waals surface area (Å²) in [7, 11) is 1.61. The van der Waals surface area contributed by atoms with Crippen molar-refractivity contribution in [1.82, 2.24) is 5.32 Å². The summed E-state index contributed by atoms with van der Waals surface area (Å²) in [5.41, 5.74) is 3.63. The van der Waals surface area contributed by atoms with E-state index < -0.39 is 5.92 Å². The molecule has 1 N–H and O–H groups in total. The van der Waals surface area contributed by atoms with Gasteiger partial charge in [-0.05, 0) is 50.3 Å². The molecule has 1 aliphatic carbocycles. The molecular weight excluding hydrogens is 354 g/mol. The van der Waals surface area contributed by atoms with Crippen molar-refractivity contribution in [2.45, 2.75) is 59.5 Å². The van der Waals surface area contributed by atoms with Gasteiger partial charge in [0.25, 0.3) is 0 Å². The molecule has 2 aliphatic rings. The number of carbonyl (C=O) groups is 2. The topological polar surface area (TPSA) is 64.6 Å². The molecule has 28 heavy (non-hydrogen) atoms. The highest BCUT2D eigenvalue weighted by Gasteiger charge is 2.43. The lowest BCUT2D eigenvalue weighted by atomic mass is 9.68. The Hall–Kier alpha value is -2.56. The van der Waals surface area contributed by atoms with Crippen LogP contribution in [-0.4, -0.2) is 25.0 Å². The standard InChI is InChI=1S/C23H29NO4/c1-13(2)28-22(26)19-14(3)24-17-11-23(4,5)12-18(25)21(17)20(19)15-7-9-16(27-6)10-8-15/h7-10,13,20,24H,11-12H2,1-6H3/t20-/m1/s1. The molecule has 5 nitrogen and oxygen atoms in total. The second kappa shape index (κ2) is 7.46. The fraction of sp³-hybridized carbons (Fsp3) is 0.478. The molecular formula is C23H29NO4. The van der Waals surface area contributed by atoms with Crippen molar-refractivity contribution < 1.29 is 19.1 Å². The van der Waals surface area contributed by atoms with Gasteiger partial charge in [-0.15, -0.1) is 0 Å². The van der Waals surface area contributed by atoms with E-state index in [9.17, 15) is 9.59 Å². The normalized spacial score (nSPS) is 21.4. The minimum Gasteiger partial charge on any atom is -0.497 e. The number of hydrogen-bond acceptors (Lipinski definition) is 5. The highest BCUT2D eigenvalue weighted by molar-refractivity contribution is 6.04. The zero-order valence-electron chi connectivity index (χ0n) is 17.5. The minimum atomic E-state index is -0.433. The number of carbonyl (C=O) groups excluding carboxylic acids is 2. The maximum absolute atomic E-state index is 13.2. The first-order chi connectivity index (χ1) is 13.1. The average Bonchev–Trinajstić information content (AvgIpc) is 2.58. The van der Waals surface area contributed by atoms with Crippen LogP contribution in [0.4, 0.5) is 0 Å². The Morgan fingerprint density at radius 2 is 1.82 bits per heavy atom. The van der Waals surface area contributed by atoms with Crippen LogP contribution in [0.3, 0.4) is 0 Å². The zero-order chi connectivity index (χ0) is 20.6. The number of hydrogen-bond donors (Lipinski definition) is 1. The molecule has 0 fully saturated rings. The molecule has 0 saturated heterocycles. The summed E-state index contributed by atoms with van der Waals surface area (Å²) in [6.45, 7) is 9.72. The van der Waals surface area contributed by atoms with E-state index in [1.54, 1.807) is 7.11 Å². The van der Waals surface area contributed by atoms with E-state index in [2.05, 4.69) is 19.2 Å². The molecule has 0 amide bonds. The number of dihydropyridines is 1. The molecule has 1 aliphatic heterocycles. The summed E-state index contributed by atoms with van der Waals surface area (Å²) in [6, 6.07) is 7.55. The molecule has 1 atom stereocenters. The predicted molar refractivity (Wildman–Crippen MR) is 108 cm³/mol. The third-order valence-corrected chi connectivity index (χ3v) is 5.25. The average molecular weight is 383 g/mol. The van der Waals surface area contributed by atoms with Gasteiger partial charge in [0.05, 0.1) is 18.8 Å². The smallest absolute Gasteiger partial charge is 0.337 e. The Labute approximate surface area is 166 Å². The van der Waals surface area contributed by atoms with Crippen molar-refractivity contribution in [3.05, 3.63) is 52.4 Å². The molecule has 5 heteroatoms. The first-order valence-electron chi connectivity index (χ1n) is 9.72. The van der Waals surface area contributed by atoms with E-state index in [0.29, 0.717) is 17.6 Å².